The van der Waals surface area contributed by atoms with Gasteiger partial charge in [0.15, 0.2) is 0 Å². The lowest BCUT2D eigenvalue weighted by Gasteiger charge is -2.25. The smallest absolute Gasteiger partial charge is 0.328 e. The first-order chi connectivity index (χ1) is 8.95. The van der Waals surface area contributed by atoms with Crippen molar-refractivity contribution in [3.8, 4) is 0 Å². The van der Waals surface area contributed by atoms with Crippen LogP contribution in [0.15, 0.2) is 0 Å². The molecule has 0 saturated carbocycles. The molecule has 112 valence electrons. The number of hydrogen-bond acceptors (Lipinski definition) is 5. The third-order valence-electron chi connectivity index (χ3n) is 3.23. The van der Waals surface area contributed by atoms with Gasteiger partial charge in [-0.25, -0.2) is 0 Å². The van der Waals surface area contributed by atoms with Gasteiger partial charge in [-0.15, -0.1) is 0 Å². The summed E-state index contributed by atoms with van der Waals surface area (Å²) < 4.78 is 33.5. The van der Waals surface area contributed by atoms with Crippen LogP contribution in [0.2, 0.25) is 0 Å². The molecule has 0 amide bonds. The molecule has 0 aromatic rings. The number of methoxy groups -OCH3 is 1. The lowest BCUT2D eigenvalue weighted by atomic mass is 9.92. The van der Waals surface area contributed by atoms with Crippen LogP contribution in [-0.4, -0.2) is 63.5 Å². The van der Waals surface area contributed by atoms with Gasteiger partial charge in [-0.1, -0.05) is 13.8 Å². The van der Waals surface area contributed by atoms with E-state index in [0.717, 1.165) is 0 Å². The fraction of sp³-hybridized carbons (Fsp3) is 1.00. The van der Waals surface area contributed by atoms with Gasteiger partial charge in [-0.3, -0.25) is 9.09 Å². The molecule has 6 nitrogen and oxygen atoms in total. The van der Waals surface area contributed by atoms with Crippen molar-refractivity contribution < 1.29 is 28.2 Å². The summed E-state index contributed by atoms with van der Waals surface area (Å²) in [4.78, 5) is 9.67. The Kier molecular flexibility index (Phi) is 7.01. The molecule has 3 unspecified atom stereocenters. The lowest BCUT2D eigenvalue weighted by Crippen LogP contribution is -2.38. The van der Waals surface area contributed by atoms with Crippen LogP contribution in [0, 0.1) is 0 Å². The molecular formula is C11H24BO6P. The maximum absolute atomic E-state index is 11.8. The van der Waals surface area contributed by atoms with Gasteiger partial charge in [0.05, 0.1) is 25.3 Å². The molecular weight excluding hydrogens is 270 g/mol. The first-order valence-corrected chi connectivity index (χ1v) is 8.47. The molecule has 1 heterocycles. The van der Waals surface area contributed by atoms with E-state index < -0.39 is 13.7 Å². The van der Waals surface area contributed by atoms with Crippen LogP contribution < -0.4 is 0 Å². The Hall–Kier alpha value is 0.0949. The minimum Gasteiger partial charge on any atom is -0.382 e. The Morgan fingerprint density at radius 3 is 2.53 bits per heavy atom. The number of hydrogen-bond donors (Lipinski definition) is 1. The second-order valence-electron chi connectivity index (χ2n) is 4.64. The molecule has 0 aromatic carbocycles. The van der Waals surface area contributed by atoms with E-state index in [9.17, 15) is 9.46 Å². The van der Waals surface area contributed by atoms with E-state index in [1.807, 2.05) is 14.8 Å². The Bertz CT molecular complexity index is 316. The zero-order valence-corrected chi connectivity index (χ0v) is 13.0. The summed E-state index contributed by atoms with van der Waals surface area (Å²) in [6.07, 6.45) is -0.267. The van der Waals surface area contributed by atoms with Crippen molar-refractivity contribution in [3.05, 3.63) is 0 Å². The summed E-state index contributed by atoms with van der Waals surface area (Å²) in [5, 5.41) is 0. The minimum atomic E-state index is -3.57. The molecule has 1 saturated heterocycles. The van der Waals surface area contributed by atoms with E-state index in [4.69, 9.17) is 18.7 Å². The first kappa shape index (κ1) is 17.1. The summed E-state index contributed by atoms with van der Waals surface area (Å²) in [6.45, 7) is 4.46. The van der Waals surface area contributed by atoms with Gasteiger partial charge in [0, 0.05) is 13.3 Å². The zero-order chi connectivity index (χ0) is 14.5. The average Bonchev–Trinajstić information content (AvgIpc) is 2.66. The van der Waals surface area contributed by atoms with Crippen LogP contribution in [0.1, 0.15) is 20.3 Å². The predicted molar refractivity (Wildman–Crippen MR) is 74.4 cm³/mol. The second-order valence-corrected chi connectivity index (χ2v) is 6.76. The van der Waals surface area contributed by atoms with Crippen LogP contribution >= 0.6 is 7.60 Å². The second kappa shape index (κ2) is 7.77. The highest BCUT2D eigenvalue weighted by atomic mass is 31.2. The molecule has 0 radical (unpaired) electrons. The lowest BCUT2D eigenvalue weighted by molar-refractivity contribution is -0.0324. The highest BCUT2D eigenvalue weighted by Crippen LogP contribution is 2.46. The summed E-state index contributed by atoms with van der Waals surface area (Å²) in [7, 11) is -0.0837. The van der Waals surface area contributed by atoms with Gasteiger partial charge in [-0.2, -0.15) is 0 Å². The molecule has 1 N–H and O–H groups in total. The molecule has 5 atom stereocenters. The molecule has 0 aliphatic carbocycles. The Balaban J connectivity index is 2.70. The van der Waals surface area contributed by atoms with Crippen molar-refractivity contribution >= 4 is 15.4 Å². The van der Waals surface area contributed by atoms with Gasteiger partial charge in [0.2, 0.25) is 0 Å². The van der Waals surface area contributed by atoms with Crippen molar-refractivity contribution in [2.75, 3.05) is 26.5 Å². The van der Waals surface area contributed by atoms with Crippen molar-refractivity contribution in [3.63, 3.8) is 0 Å². The van der Waals surface area contributed by atoms with Crippen LogP contribution in [0.3, 0.4) is 0 Å². The van der Waals surface area contributed by atoms with E-state index in [0.29, 0.717) is 19.6 Å². The number of ether oxygens (including phenoxy) is 3. The van der Waals surface area contributed by atoms with Gasteiger partial charge in [-0.05, 0) is 6.42 Å². The largest absolute Gasteiger partial charge is 0.382 e. The van der Waals surface area contributed by atoms with E-state index in [-0.39, 0.29) is 24.4 Å². The van der Waals surface area contributed by atoms with Crippen LogP contribution in [0.4, 0.5) is 0 Å². The maximum atomic E-state index is 11.8. The molecule has 1 aliphatic heterocycles. The van der Waals surface area contributed by atoms with Crippen molar-refractivity contribution in [2.45, 2.75) is 44.6 Å². The van der Waals surface area contributed by atoms with E-state index in [1.165, 1.54) is 0 Å². The Labute approximate surface area is 115 Å². The molecule has 1 aliphatic rings. The van der Waals surface area contributed by atoms with Crippen molar-refractivity contribution in [2.24, 2.45) is 0 Å². The van der Waals surface area contributed by atoms with Gasteiger partial charge in [0.1, 0.15) is 20.1 Å². The van der Waals surface area contributed by atoms with Gasteiger partial charge in [0.25, 0.3) is 0 Å². The quantitative estimate of drug-likeness (QED) is 0.396. The molecule has 1 rings (SSSR count). The minimum absolute atomic E-state index is 0.0824. The monoisotopic (exact) mass is 294 g/mol. The topological polar surface area (TPSA) is 74.2 Å². The van der Waals surface area contributed by atoms with E-state index in [1.54, 1.807) is 14.0 Å². The molecule has 8 heteroatoms. The Morgan fingerprint density at radius 2 is 2.00 bits per heavy atom. The summed E-state index contributed by atoms with van der Waals surface area (Å²) in [5.41, 5.74) is 0. The molecule has 0 bridgehead atoms. The fourth-order valence-electron chi connectivity index (χ4n) is 2.13. The van der Waals surface area contributed by atoms with Crippen LogP contribution in [0.5, 0.6) is 0 Å². The first-order valence-electron chi connectivity index (χ1n) is 6.71. The summed E-state index contributed by atoms with van der Waals surface area (Å²) >= 11 is 0. The number of rotatable bonds is 8. The summed E-state index contributed by atoms with van der Waals surface area (Å²) in [6, 6.07) is -0.163. The third-order valence-corrected chi connectivity index (χ3v) is 4.60. The van der Waals surface area contributed by atoms with Crippen LogP contribution in [-0.2, 0) is 23.3 Å². The van der Waals surface area contributed by atoms with Crippen molar-refractivity contribution in [1.29, 1.82) is 0 Å². The highest BCUT2D eigenvalue weighted by molar-refractivity contribution is 7.52. The maximum Gasteiger partial charge on any atom is 0.328 e. The normalized spacial score (nSPS) is 34.3. The molecule has 0 aromatic heterocycles. The van der Waals surface area contributed by atoms with Crippen LogP contribution in [0.25, 0.3) is 0 Å². The van der Waals surface area contributed by atoms with Crippen molar-refractivity contribution in [1.82, 2.24) is 0 Å². The highest BCUT2D eigenvalue weighted by Gasteiger charge is 2.45. The summed E-state index contributed by atoms with van der Waals surface area (Å²) in [5.74, 6) is 0. The SMILES string of the molecule is B[C@@H]1O[C@H](CC)C(OP(=O)(O)CC)C1OCCOC. The molecule has 0 spiro atoms. The van der Waals surface area contributed by atoms with Gasteiger partial charge < -0.3 is 19.1 Å². The fourth-order valence-corrected chi connectivity index (χ4v) is 2.91. The molecule has 1 fully saturated rings. The molecule has 19 heavy (non-hydrogen) atoms. The third kappa shape index (κ3) is 4.85. The van der Waals surface area contributed by atoms with E-state index in [2.05, 4.69) is 0 Å². The zero-order valence-electron chi connectivity index (χ0n) is 12.1. The van der Waals surface area contributed by atoms with Gasteiger partial charge >= 0.3 is 7.60 Å². The average molecular weight is 294 g/mol. The Morgan fingerprint density at radius 1 is 1.32 bits per heavy atom. The predicted octanol–water partition coefficient (Wildman–Crippen LogP) is 0.376. The van der Waals surface area contributed by atoms with E-state index >= 15 is 0 Å². The standard InChI is InChI=1S/C11H24BO6P/c1-4-8-9(18-19(13,14)5-2)10(11(12)17-8)16-7-6-15-3/h8-11H,4-7,12H2,1-3H3,(H,13,14)/t8-,9?,10?,11-/m1/s1.